The Morgan fingerprint density at radius 2 is 2.18 bits per heavy atom. The Labute approximate surface area is 102 Å². The summed E-state index contributed by atoms with van der Waals surface area (Å²) in [5, 5.41) is 4.19. The summed E-state index contributed by atoms with van der Waals surface area (Å²) in [7, 11) is 0. The third-order valence-electron chi connectivity index (χ3n) is 2.58. The van der Waals surface area contributed by atoms with Crippen LogP contribution >= 0.6 is 11.3 Å². The van der Waals surface area contributed by atoms with Crippen LogP contribution in [-0.4, -0.2) is 5.84 Å². The van der Waals surface area contributed by atoms with E-state index in [9.17, 15) is 4.39 Å². The largest absolute Gasteiger partial charge is 0.383 e. The van der Waals surface area contributed by atoms with E-state index < -0.39 is 0 Å². The van der Waals surface area contributed by atoms with Gasteiger partial charge in [0.05, 0.1) is 16.9 Å². The van der Waals surface area contributed by atoms with E-state index in [2.05, 4.69) is 10.3 Å². The van der Waals surface area contributed by atoms with Crippen LogP contribution in [0.4, 0.5) is 20.8 Å². The van der Waals surface area contributed by atoms with E-state index in [1.165, 1.54) is 12.1 Å². The molecule has 3 rings (SSSR count). The maximum absolute atomic E-state index is 13.1. The van der Waals surface area contributed by atoms with E-state index in [0.717, 1.165) is 21.1 Å². The number of nitrogens with zero attached hydrogens (tertiary/aromatic N) is 1. The highest BCUT2D eigenvalue weighted by molar-refractivity contribution is 7.16. The molecule has 1 aromatic heterocycles. The van der Waals surface area contributed by atoms with Crippen molar-refractivity contribution in [1.29, 1.82) is 0 Å². The minimum Gasteiger partial charge on any atom is -0.383 e. The molecule has 0 radical (unpaired) electrons. The number of hydrogen-bond acceptors (Lipinski definition) is 4. The fraction of sp³-hybridized carbons (Fsp3) is 0.0833. The molecule has 0 bridgehead atoms. The van der Waals surface area contributed by atoms with Gasteiger partial charge in [0.25, 0.3) is 0 Å². The van der Waals surface area contributed by atoms with Gasteiger partial charge in [-0.3, -0.25) is 0 Å². The summed E-state index contributed by atoms with van der Waals surface area (Å²) in [5.74, 6) is 0.102. The number of nitrogens with one attached hydrogen (secondary N) is 1. The van der Waals surface area contributed by atoms with E-state index in [1.807, 2.05) is 13.0 Å². The maximum atomic E-state index is 13.1. The molecule has 1 aromatic carbocycles. The minimum absolute atomic E-state index is 0.316. The Balaban J connectivity index is 2.22. The van der Waals surface area contributed by atoms with Gasteiger partial charge >= 0.3 is 0 Å². The summed E-state index contributed by atoms with van der Waals surface area (Å²) in [4.78, 5) is 5.41. The average molecular weight is 247 g/mol. The summed E-state index contributed by atoms with van der Waals surface area (Å²) in [5.41, 5.74) is 8.10. The van der Waals surface area contributed by atoms with E-state index in [-0.39, 0.29) is 5.82 Å². The first kappa shape index (κ1) is 10.3. The molecule has 0 fully saturated rings. The second-order valence-corrected chi connectivity index (χ2v) is 5.14. The Morgan fingerprint density at radius 3 is 3.00 bits per heavy atom. The van der Waals surface area contributed by atoms with Gasteiger partial charge in [0.2, 0.25) is 0 Å². The zero-order valence-corrected chi connectivity index (χ0v) is 9.94. The number of benzene rings is 1. The lowest BCUT2D eigenvalue weighted by atomic mass is 10.2. The Morgan fingerprint density at radius 1 is 1.35 bits per heavy atom. The number of thiophene rings is 1. The van der Waals surface area contributed by atoms with E-state index in [1.54, 1.807) is 17.4 Å². The highest BCUT2D eigenvalue weighted by Crippen LogP contribution is 2.37. The standard InChI is InChI=1S/C12H10FN3S/c1-6-4-8-11(14)15-10-5-7(13)2-3-9(10)16-12(8)17-6/h2-5,16H,1H3,(H2,14,15). The third kappa shape index (κ3) is 1.68. The Kier molecular flexibility index (Phi) is 2.16. The number of rotatable bonds is 0. The topological polar surface area (TPSA) is 50.4 Å². The summed E-state index contributed by atoms with van der Waals surface area (Å²) in [6, 6.07) is 6.43. The molecule has 2 heterocycles. The van der Waals surface area contributed by atoms with Crippen LogP contribution in [0.5, 0.6) is 0 Å². The van der Waals surface area contributed by atoms with Gasteiger partial charge in [-0.2, -0.15) is 0 Å². The number of hydrogen-bond donors (Lipinski definition) is 2. The van der Waals surface area contributed by atoms with Crippen LogP contribution < -0.4 is 11.1 Å². The van der Waals surface area contributed by atoms with Crippen LogP contribution in [-0.2, 0) is 0 Å². The van der Waals surface area contributed by atoms with Gasteiger partial charge in [0.15, 0.2) is 0 Å². The molecule has 0 amide bonds. The minimum atomic E-state index is -0.316. The lowest BCUT2D eigenvalue weighted by Crippen LogP contribution is -2.11. The molecule has 0 atom stereocenters. The molecule has 0 aliphatic carbocycles. The van der Waals surface area contributed by atoms with Crippen LogP contribution in [0, 0.1) is 12.7 Å². The third-order valence-corrected chi connectivity index (χ3v) is 3.55. The zero-order valence-electron chi connectivity index (χ0n) is 9.12. The van der Waals surface area contributed by atoms with Gasteiger partial charge in [-0.25, -0.2) is 9.38 Å². The van der Waals surface area contributed by atoms with E-state index in [0.29, 0.717) is 11.5 Å². The number of fused-ring (bicyclic) bond motifs is 2. The lowest BCUT2D eigenvalue weighted by Gasteiger charge is -2.05. The molecule has 3 N–H and O–H groups in total. The molecule has 86 valence electrons. The molecule has 0 saturated carbocycles. The number of aryl methyl sites for hydroxylation is 1. The van der Waals surface area contributed by atoms with Crippen LogP contribution in [0.1, 0.15) is 10.4 Å². The van der Waals surface area contributed by atoms with Crippen molar-refractivity contribution in [2.24, 2.45) is 10.7 Å². The predicted molar refractivity (Wildman–Crippen MR) is 69.1 cm³/mol. The molecule has 1 aliphatic heterocycles. The summed E-state index contributed by atoms with van der Waals surface area (Å²) < 4.78 is 13.1. The number of halogens is 1. The highest BCUT2D eigenvalue weighted by atomic mass is 32.1. The van der Waals surface area contributed by atoms with E-state index in [4.69, 9.17) is 5.73 Å². The maximum Gasteiger partial charge on any atom is 0.134 e. The van der Waals surface area contributed by atoms with Gasteiger partial charge in [0.1, 0.15) is 16.7 Å². The SMILES string of the molecule is Cc1cc2c(s1)Nc1ccc(F)cc1N=C2N. The monoisotopic (exact) mass is 247 g/mol. The summed E-state index contributed by atoms with van der Waals surface area (Å²) in [6.07, 6.45) is 0. The van der Waals surface area contributed by atoms with Crippen molar-refractivity contribution in [3.05, 3.63) is 40.5 Å². The van der Waals surface area contributed by atoms with Crippen LogP contribution in [0.25, 0.3) is 0 Å². The van der Waals surface area contributed by atoms with Crippen LogP contribution in [0.3, 0.4) is 0 Å². The van der Waals surface area contributed by atoms with Crippen LogP contribution in [0.15, 0.2) is 29.3 Å². The first-order valence-corrected chi connectivity index (χ1v) is 5.96. The van der Waals surface area contributed by atoms with Crippen LogP contribution in [0.2, 0.25) is 0 Å². The molecule has 17 heavy (non-hydrogen) atoms. The van der Waals surface area contributed by atoms with Crippen molar-refractivity contribution in [1.82, 2.24) is 0 Å². The highest BCUT2D eigenvalue weighted by Gasteiger charge is 2.17. The number of amidine groups is 1. The molecule has 0 spiro atoms. The number of anilines is 2. The first-order valence-electron chi connectivity index (χ1n) is 5.15. The Hall–Kier alpha value is -1.88. The van der Waals surface area contributed by atoms with Gasteiger partial charge in [-0.1, -0.05) is 0 Å². The molecule has 2 aromatic rings. The normalized spacial score (nSPS) is 13.2. The van der Waals surface area contributed by atoms with Gasteiger partial charge in [-0.05, 0) is 25.1 Å². The Bertz CT molecular complexity index is 631. The first-order chi connectivity index (χ1) is 8.13. The molecular formula is C12H10FN3S. The molecule has 3 nitrogen and oxygen atoms in total. The second-order valence-electron chi connectivity index (χ2n) is 3.88. The number of aliphatic imine (C=N–C) groups is 1. The lowest BCUT2D eigenvalue weighted by molar-refractivity contribution is 0.628. The molecule has 0 saturated heterocycles. The molecule has 1 aliphatic rings. The van der Waals surface area contributed by atoms with Crippen molar-refractivity contribution >= 4 is 33.5 Å². The smallest absolute Gasteiger partial charge is 0.134 e. The molecule has 5 heteroatoms. The van der Waals surface area contributed by atoms with Gasteiger partial charge < -0.3 is 11.1 Å². The average Bonchev–Trinajstić information content (AvgIpc) is 2.58. The summed E-state index contributed by atoms with van der Waals surface area (Å²) >= 11 is 1.61. The molecular weight excluding hydrogens is 237 g/mol. The van der Waals surface area contributed by atoms with E-state index >= 15 is 0 Å². The van der Waals surface area contributed by atoms with Gasteiger partial charge in [0, 0.05) is 10.9 Å². The van der Waals surface area contributed by atoms with Crippen molar-refractivity contribution < 1.29 is 4.39 Å². The number of nitrogens with two attached hydrogens (primary N) is 1. The second kappa shape index (κ2) is 3.56. The zero-order chi connectivity index (χ0) is 12.0. The predicted octanol–water partition coefficient (Wildman–Crippen LogP) is 3.29. The van der Waals surface area contributed by atoms with Crippen molar-refractivity contribution in [2.45, 2.75) is 6.92 Å². The van der Waals surface area contributed by atoms with Crippen molar-refractivity contribution in [2.75, 3.05) is 5.32 Å². The van der Waals surface area contributed by atoms with Gasteiger partial charge in [-0.15, -0.1) is 11.3 Å². The molecule has 0 unspecified atom stereocenters. The van der Waals surface area contributed by atoms with Crippen molar-refractivity contribution in [3.63, 3.8) is 0 Å². The quantitative estimate of drug-likeness (QED) is 0.750. The fourth-order valence-electron chi connectivity index (χ4n) is 1.81. The fourth-order valence-corrected chi connectivity index (χ4v) is 2.75. The van der Waals surface area contributed by atoms with Crippen molar-refractivity contribution in [3.8, 4) is 0 Å². The summed E-state index contributed by atoms with van der Waals surface area (Å²) in [6.45, 7) is 2.01.